The Morgan fingerprint density at radius 3 is 2.08 bits per heavy atom. The number of alkyl halides is 4. The molecule has 128 valence electrons. The summed E-state index contributed by atoms with van der Waals surface area (Å²) in [6.07, 6.45) is 0. The molecule has 0 aromatic heterocycles. The second-order valence-corrected chi connectivity index (χ2v) is 4.54. The molecule has 0 saturated carbocycles. The van der Waals surface area contributed by atoms with Crippen LogP contribution in [0, 0.1) is 0 Å². The number of hydrogen-bond donors (Lipinski definition) is 1. The van der Waals surface area contributed by atoms with Gasteiger partial charge in [0.15, 0.2) is 0 Å². The monoisotopic (exact) mass is 343 g/mol. The Labute approximate surface area is 135 Å². The smallest absolute Gasteiger partial charge is 0.387 e. The van der Waals surface area contributed by atoms with E-state index in [0.29, 0.717) is 5.56 Å². The summed E-state index contributed by atoms with van der Waals surface area (Å²) in [5.41, 5.74) is 0.225. The molecule has 24 heavy (non-hydrogen) atoms. The van der Waals surface area contributed by atoms with Crippen molar-refractivity contribution in [3.63, 3.8) is 0 Å². The minimum absolute atomic E-state index is 0.0788. The number of carbonyl (C=O) groups excluding carboxylic acids is 1. The first kappa shape index (κ1) is 17.6. The predicted octanol–water partition coefficient (Wildman–Crippen LogP) is 3.82. The summed E-state index contributed by atoms with van der Waals surface area (Å²) in [6, 6.07) is 11.4. The van der Waals surface area contributed by atoms with Crippen molar-refractivity contribution in [2.45, 2.75) is 19.8 Å². The van der Waals surface area contributed by atoms with Crippen LogP contribution < -0.4 is 14.8 Å². The van der Waals surface area contributed by atoms with Crippen LogP contribution in [0.2, 0.25) is 0 Å². The van der Waals surface area contributed by atoms with Gasteiger partial charge in [-0.3, -0.25) is 4.79 Å². The molecule has 0 aliphatic rings. The molecule has 0 saturated heterocycles. The van der Waals surface area contributed by atoms with E-state index in [1.807, 2.05) is 0 Å². The van der Waals surface area contributed by atoms with Crippen LogP contribution in [0.15, 0.2) is 48.5 Å². The number of ether oxygens (including phenoxy) is 2. The SMILES string of the molecule is O=C(NCc1ccccc1OC(F)F)c1ccccc1OC(F)F. The Balaban J connectivity index is 2.09. The van der Waals surface area contributed by atoms with E-state index in [2.05, 4.69) is 14.8 Å². The number of nitrogens with one attached hydrogen (secondary N) is 1. The largest absolute Gasteiger partial charge is 0.434 e. The number of benzene rings is 2. The van der Waals surface area contributed by atoms with E-state index in [0.717, 1.165) is 0 Å². The molecule has 0 fully saturated rings. The first-order valence-corrected chi connectivity index (χ1v) is 6.82. The molecule has 0 bridgehead atoms. The first-order chi connectivity index (χ1) is 11.5. The highest BCUT2D eigenvalue weighted by Crippen LogP contribution is 2.22. The van der Waals surface area contributed by atoms with Gasteiger partial charge >= 0.3 is 13.2 Å². The van der Waals surface area contributed by atoms with Crippen LogP contribution in [0.25, 0.3) is 0 Å². The van der Waals surface area contributed by atoms with Gasteiger partial charge in [-0.15, -0.1) is 0 Å². The fourth-order valence-corrected chi connectivity index (χ4v) is 1.98. The van der Waals surface area contributed by atoms with Crippen molar-refractivity contribution >= 4 is 5.91 Å². The highest BCUT2D eigenvalue weighted by atomic mass is 19.3. The molecule has 1 N–H and O–H groups in total. The zero-order chi connectivity index (χ0) is 17.5. The summed E-state index contributed by atoms with van der Waals surface area (Å²) in [7, 11) is 0. The third kappa shape index (κ3) is 4.87. The number of rotatable bonds is 7. The summed E-state index contributed by atoms with van der Waals surface area (Å²) in [5.74, 6) is -1.04. The molecular weight excluding hydrogens is 330 g/mol. The van der Waals surface area contributed by atoms with E-state index in [-0.39, 0.29) is 23.6 Å². The Bertz CT molecular complexity index is 695. The fraction of sp³-hybridized carbons (Fsp3) is 0.188. The van der Waals surface area contributed by atoms with Gasteiger partial charge in [0.1, 0.15) is 11.5 Å². The van der Waals surface area contributed by atoms with Crippen LogP contribution >= 0.6 is 0 Å². The normalized spacial score (nSPS) is 10.8. The number of para-hydroxylation sites is 2. The Morgan fingerprint density at radius 1 is 0.875 bits per heavy atom. The number of hydrogen-bond acceptors (Lipinski definition) is 3. The maximum Gasteiger partial charge on any atom is 0.387 e. The summed E-state index contributed by atoms with van der Waals surface area (Å²) in [6.45, 7) is -6.19. The van der Waals surface area contributed by atoms with Gasteiger partial charge in [0.05, 0.1) is 5.56 Å². The first-order valence-electron chi connectivity index (χ1n) is 6.82. The minimum Gasteiger partial charge on any atom is -0.434 e. The third-order valence-electron chi connectivity index (χ3n) is 2.98. The Hall–Kier alpha value is -2.77. The van der Waals surface area contributed by atoms with Gasteiger partial charge in [-0.2, -0.15) is 17.6 Å². The highest BCUT2D eigenvalue weighted by Gasteiger charge is 2.16. The lowest BCUT2D eigenvalue weighted by Crippen LogP contribution is -2.24. The van der Waals surface area contributed by atoms with Crippen LogP contribution in [-0.2, 0) is 6.54 Å². The van der Waals surface area contributed by atoms with Crippen LogP contribution in [0.3, 0.4) is 0 Å². The molecule has 0 atom stereocenters. The average Bonchev–Trinajstić information content (AvgIpc) is 2.53. The summed E-state index contributed by atoms with van der Waals surface area (Å²) < 4.78 is 58.0. The molecule has 0 aliphatic heterocycles. The predicted molar refractivity (Wildman–Crippen MR) is 77.3 cm³/mol. The lowest BCUT2D eigenvalue weighted by Gasteiger charge is -2.13. The maximum atomic E-state index is 12.3. The second-order valence-electron chi connectivity index (χ2n) is 4.54. The van der Waals surface area contributed by atoms with Crippen LogP contribution in [0.1, 0.15) is 15.9 Å². The molecule has 2 rings (SSSR count). The van der Waals surface area contributed by atoms with Crippen LogP contribution in [-0.4, -0.2) is 19.1 Å². The number of carbonyl (C=O) groups is 1. The Morgan fingerprint density at radius 2 is 1.42 bits per heavy atom. The molecule has 0 radical (unpaired) electrons. The summed E-state index contributed by atoms with van der Waals surface area (Å²) >= 11 is 0. The van der Waals surface area contributed by atoms with Gasteiger partial charge in [0.2, 0.25) is 0 Å². The van der Waals surface area contributed by atoms with E-state index in [9.17, 15) is 22.4 Å². The lowest BCUT2D eigenvalue weighted by molar-refractivity contribution is -0.0508. The Kier molecular flexibility index (Phi) is 6.00. The molecule has 0 spiro atoms. The van der Waals surface area contributed by atoms with Gasteiger partial charge in [0.25, 0.3) is 5.91 Å². The second kappa shape index (κ2) is 8.19. The van der Waals surface area contributed by atoms with Crippen molar-refractivity contribution in [1.82, 2.24) is 5.32 Å². The van der Waals surface area contributed by atoms with Crippen molar-refractivity contribution < 1.29 is 31.8 Å². The van der Waals surface area contributed by atoms with Crippen molar-refractivity contribution in [1.29, 1.82) is 0 Å². The number of amides is 1. The molecule has 4 nitrogen and oxygen atoms in total. The molecule has 2 aromatic rings. The van der Waals surface area contributed by atoms with E-state index < -0.39 is 19.1 Å². The van der Waals surface area contributed by atoms with E-state index in [1.165, 1.54) is 42.5 Å². The summed E-state index contributed by atoms with van der Waals surface area (Å²) in [5, 5.41) is 2.45. The average molecular weight is 343 g/mol. The molecular formula is C16H13F4NO3. The topological polar surface area (TPSA) is 47.6 Å². The quantitative estimate of drug-likeness (QED) is 0.778. The summed E-state index contributed by atoms with van der Waals surface area (Å²) in [4.78, 5) is 12.1. The minimum atomic E-state index is -3.07. The molecule has 0 unspecified atom stereocenters. The van der Waals surface area contributed by atoms with Gasteiger partial charge in [-0.05, 0) is 18.2 Å². The van der Waals surface area contributed by atoms with Crippen molar-refractivity contribution in [3.8, 4) is 11.5 Å². The lowest BCUT2D eigenvalue weighted by atomic mass is 10.1. The molecule has 2 aromatic carbocycles. The van der Waals surface area contributed by atoms with Gasteiger partial charge in [-0.25, -0.2) is 0 Å². The van der Waals surface area contributed by atoms with E-state index >= 15 is 0 Å². The van der Waals surface area contributed by atoms with Gasteiger partial charge < -0.3 is 14.8 Å². The van der Waals surface area contributed by atoms with Crippen molar-refractivity contribution in [3.05, 3.63) is 59.7 Å². The van der Waals surface area contributed by atoms with Gasteiger partial charge in [0, 0.05) is 12.1 Å². The third-order valence-corrected chi connectivity index (χ3v) is 2.98. The highest BCUT2D eigenvalue weighted by molar-refractivity contribution is 5.96. The van der Waals surface area contributed by atoms with Crippen molar-refractivity contribution in [2.75, 3.05) is 0 Å². The zero-order valence-corrected chi connectivity index (χ0v) is 12.2. The van der Waals surface area contributed by atoms with Gasteiger partial charge in [-0.1, -0.05) is 30.3 Å². The number of halogens is 4. The molecule has 8 heteroatoms. The van der Waals surface area contributed by atoms with Crippen LogP contribution in [0.4, 0.5) is 17.6 Å². The molecule has 1 amide bonds. The van der Waals surface area contributed by atoms with Crippen molar-refractivity contribution in [2.24, 2.45) is 0 Å². The zero-order valence-electron chi connectivity index (χ0n) is 12.2. The maximum absolute atomic E-state index is 12.3. The van der Waals surface area contributed by atoms with E-state index in [1.54, 1.807) is 6.07 Å². The van der Waals surface area contributed by atoms with Crippen LogP contribution in [0.5, 0.6) is 11.5 Å². The van der Waals surface area contributed by atoms with E-state index in [4.69, 9.17) is 0 Å². The molecule has 0 aliphatic carbocycles. The molecule has 0 heterocycles. The standard InChI is InChI=1S/C16H13F4NO3/c17-15(18)23-12-7-3-1-5-10(12)9-21-14(22)11-6-2-4-8-13(11)24-16(19)20/h1-8,15-16H,9H2,(H,21,22). The fourth-order valence-electron chi connectivity index (χ4n) is 1.98.